The lowest BCUT2D eigenvalue weighted by Gasteiger charge is -2.21. The number of rotatable bonds is 4. The van der Waals surface area contributed by atoms with Gasteiger partial charge in [-0.1, -0.05) is 30.3 Å². The summed E-state index contributed by atoms with van der Waals surface area (Å²) in [7, 11) is 1.81. The molecule has 0 unspecified atom stereocenters. The fourth-order valence-electron chi connectivity index (χ4n) is 3.73. The van der Waals surface area contributed by atoms with Gasteiger partial charge in [0.1, 0.15) is 5.82 Å². The molecule has 4 rings (SSSR count). The first-order valence-electron chi connectivity index (χ1n) is 8.93. The number of amides is 1. The molecular formula is C21H22FN3O. The van der Waals surface area contributed by atoms with Gasteiger partial charge in [-0.25, -0.2) is 4.39 Å². The predicted octanol–water partition coefficient (Wildman–Crippen LogP) is 3.76. The Bertz CT molecular complexity index is 921. The van der Waals surface area contributed by atoms with E-state index in [1.165, 1.54) is 17.7 Å². The number of halogens is 1. The first-order valence-corrected chi connectivity index (χ1v) is 8.93. The second-order valence-corrected chi connectivity index (χ2v) is 6.98. The Kier molecular flexibility index (Phi) is 4.47. The number of carbonyl (C=O) groups excluding carboxylic acids is 1. The summed E-state index contributed by atoms with van der Waals surface area (Å²) in [5, 5.41) is 4.28. The summed E-state index contributed by atoms with van der Waals surface area (Å²) >= 11 is 0. The maximum atomic E-state index is 13.3. The summed E-state index contributed by atoms with van der Waals surface area (Å²) in [4.78, 5) is 17.8. The van der Waals surface area contributed by atoms with Crippen molar-refractivity contribution in [1.82, 2.24) is 15.2 Å². The molecule has 4 nitrogen and oxygen atoms in total. The van der Waals surface area contributed by atoms with E-state index in [1.807, 2.05) is 31.3 Å². The number of H-pyrrole nitrogens is 1. The van der Waals surface area contributed by atoms with E-state index in [4.69, 9.17) is 0 Å². The molecule has 2 N–H and O–H groups in total. The average Bonchev–Trinajstić information content (AvgIpc) is 3.28. The molecule has 134 valence electrons. The summed E-state index contributed by atoms with van der Waals surface area (Å²) < 4.78 is 13.3. The number of benzene rings is 2. The Balaban J connectivity index is 1.41. The summed E-state index contributed by atoms with van der Waals surface area (Å²) in [6.07, 6.45) is 1.79. The van der Waals surface area contributed by atoms with Gasteiger partial charge in [-0.15, -0.1) is 0 Å². The summed E-state index contributed by atoms with van der Waals surface area (Å²) in [6, 6.07) is 16.9. The predicted molar refractivity (Wildman–Crippen MR) is 100 cm³/mol. The zero-order valence-electron chi connectivity index (χ0n) is 14.7. The monoisotopic (exact) mass is 351 g/mol. The van der Waals surface area contributed by atoms with Crippen molar-refractivity contribution < 1.29 is 9.18 Å². The van der Waals surface area contributed by atoms with Gasteiger partial charge < -0.3 is 9.88 Å². The second-order valence-electron chi connectivity index (χ2n) is 6.98. The van der Waals surface area contributed by atoms with Crippen LogP contribution in [-0.2, 0) is 11.3 Å². The highest BCUT2D eigenvalue weighted by Crippen LogP contribution is 2.27. The standard InChI is InChI=1S/C21H22FN3O/c1-25(13-17-12-15-11-16(22)7-8-19(15)23-17)21(26)20-10-9-18(24-20)14-5-3-2-4-6-14/h2-8,11-12,18,20,23-24H,9-10,13H2,1H3/t18-,20-/m1/s1. The lowest BCUT2D eigenvalue weighted by atomic mass is 10.1. The average molecular weight is 351 g/mol. The van der Waals surface area contributed by atoms with Crippen LogP contribution in [0.4, 0.5) is 4.39 Å². The fourth-order valence-corrected chi connectivity index (χ4v) is 3.73. The largest absolute Gasteiger partial charge is 0.357 e. The molecule has 3 aromatic rings. The minimum absolute atomic E-state index is 0.0910. The molecule has 0 radical (unpaired) electrons. The minimum Gasteiger partial charge on any atom is -0.357 e. The van der Waals surface area contributed by atoms with Crippen LogP contribution in [0.15, 0.2) is 54.6 Å². The molecule has 2 aromatic carbocycles. The Hall–Kier alpha value is -2.66. The molecule has 1 aromatic heterocycles. The highest BCUT2D eigenvalue weighted by Gasteiger charge is 2.31. The topological polar surface area (TPSA) is 48.1 Å². The molecule has 0 bridgehead atoms. The maximum absolute atomic E-state index is 13.3. The van der Waals surface area contributed by atoms with Crippen molar-refractivity contribution in [3.63, 3.8) is 0 Å². The van der Waals surface area contributed by atoms with Gasteiger partial charge in [-0.2, -0.15) is 0 Å². The molecule has 26 heavy (non-hydrogen) atoms. The molecule has 1 aliphatic heterocycles. The smallest absolute Gasteiger partial charge is 0.239 e. The van der Waals surface area contributed by atoms with Crippen LogP contribution in [0.1, 0.15) is 30.1 Å². The van der Waals surface area contributed by atoms with Crippen molar-refractivity contribution in [2.45, 2.75) is 31.5 Å². The van der Waals surface area contributed by atoms with Crippen LogP contribution < -0.4 is 5.32 Å². The van der Waals surface area contributed by atoms with Gasteiger partial charge in [-0.05, 0) is 42.7 Å². The van der Waals surface area contributed by atoms with Crippen LogP contribution in [-0.4, -0.2) is 28.9 Å². The maximum Gasteiger partial charge on any atom is 0.239 e. The van der Waals surface area contributed by atoms with Crippen LogP contribution >= 0.6 is 0 Å². The number of hydrogen-bond acceptors (Lipinski definition) is 2. The minimum atomic E-state index is -0.255. The summed E-state index contributed by atoms with van der Waals surface area (Å²) in [6.45, 7) is 0.476. The van der Waals surface area contributed by atoms with Crippen LogP contribution in [0.3, 0.4) is 0 Å². The Morgan fingerprint density at radius 1 is 1.15 bits per heavy atom. The molecule has 5 heteroatoms. The molecular weight excluding hydrogens is 329 g/mol. The van der Waals surface area contributed by atoms with Crippen LogP contribution in [0, 0.1) is 5.82 Å². The van der Waals surface area contributed by atoms with E-state index in [2.05, 4.69) is 22.4 Å². The van der Waals surface area contributed by atoms with E-state index >= 15 is 0 Å². The number of nitrogens with one attached hydrogen (secondary N) is 2. The third-order valence-electron chi connectivity index (χ3n) is 5.07. The molecule has 0 aliphatic carbocycles. The molecule has 2 atom stereocenters. The molecule has 2 heterocycles. The zero-order chi connectivity index (χ0) is 18.1. The second kappa shape index (κ2) is 6.92. The van der Waals surface area contributed by atoms with Gasteiger partial charge in [-0.3, -0.25) is 10.1 Å². The van der Waals surface area contributed by atoms with Gasteiger partial charge in [0.25, 0.3) is 0 Å². The molecule has 1 amide bonds. The van der Waals surface area contributed by atoms with Crippen LogP contribution in [0.25, 0.3) is 10.9 Å². The van der Waals surface area contributed by atoms with Crippen LogP contribution in [0.5, 0.6) is 0 Å². The first-order chi connectivity index (χ1) is 12.6. The van der Waals surface area contributed by atoms with Gasteiger partial charge in [0.15, 0.2) is 0 Å². The fraction of sp³-hybridized carbons (Fsp3) is 0.286. The van der Waals surface area contributed by atoms with Crippen molar-refractivity contribution in [3.8, 4) is 0 Å². The number of aromatic nitrogens is 1. The van der Waals surface area contributed by atoms with Gasteiger partial charge in [0.05, 0.1) is 12.6 Å². The number of hydrogen-bond donors (Lipinski definition) is 2. The summed E-state index contributed by atoms with van der Waals surface area (Å²) in [5.74, 6) is -0.164. The third-order valence-corrected chi connectivity index (χ3v) is 5.07. The number of likely N-dealkylation sites (N-methyl/N-ethyl adjacent to an activating group) is 1. The van der Waals surface area contributed by atoms with E-state index in [1.54, 1.807) is 11.0 Å². The van der Waals surface area contributed by atoms with E-state index in [0.29, 0.717) is 6.54 Å². The number of carbonyl (C=O) groups is 1. The molecule has 1 fully saturated rings. The normalized spacial score (nSPS) is 19.8. The first kappa shape index (κ1) is 16.8. The van der Waals surface area contributed by atoms with E-state index in [-0.39, 0.29) is 23.8 Å². The quantitative estimate of drug-likeness (QED) is 0.752. The van der Waals surface area contributed by atoms with E-state index in [9.17, 15) is 9.18 Å². The Morgan fingerprint density at radius 2 is 1.96 bits per heavy atom. The molecule has 1 saturated heterocycles. The van der Waals surface area contributed by atoms with Crippen molar-refractivity contribution in [3.05, 3.63) is 71.7 Å². The van der Waals surface area contributed by atoms with Crippen molar-refractivity contribution in [2.24, 2.45) is 0 Å². The molecule has 0 spiro atoms. The van der Waals surface area contributed by atoms with Crippen LogP contribution in [0.2, 0.25) is 0 Å². The Morgan fingerprint density at radius 3 is 2.77 bits per heavy atom. The van der Waals surface area contributed by atoms with E-state index in [0.717, 1.165) is 29.4 Å². The lowest BCUT2D eigenvalue weighted by molar-refractivity contribution is -0.132. The van der Waals surface area contributed by atoms with Gasteiger partial charge in [0.2, 0.25) is 5.91 Å². The van der Waals surface area contributed by atoms with Crippen molar-refractivity contribution in [2.75, 3.05) is 7.05 Å². The van der Waals surface area contributed by atoms with E-state index < -0.39 is 0 Å². The lowest BCUT2D eigenvalue weighted by Crippen LogP contribution is -2.41. The highest BCUT2D eigenvalue weighted by molar-refractivity contribution is 5.83. The summed E-state index contributed by atoms with van der Waals surface area (Å²) in [5.41, 5.74) is 3.01. The van der Waals surface area contributed by atoms with Gasteiger partial charge in [0, 0.05) is 29.7 Å². The number of aromatic amines is 1. The SMILES string of the molecule is CN(Cc1cc2cc(F)ccc2[nH]1)C(=O)[C@H]1CC[C@H](c2ccccc2)N1. The van der Waals surface area contributed by atoms with Crippen molar-refractivity contribution in [1.29, 1.82) is 0 Å². The Labute approximate surface area is 152 Å². The number of nitrogens with zero attached hydrogens (tertiary/aromatic N) is 1. The zero-order valence-corrected chi connectivity index (χ0v) is 14.7. The highest BCUT2D eigenvalue weighted by atomic mass is 19.1. The number of fused-ring (bicyclic) bond motifs is 1. The van der Waals surface area contributed by atoms with Crippen molar-refractivity contribution >= 4 is 16.8 Å². The molecule has 0 saturated carbocycles. The van der Waals surface area contributed by atoms with Gasteiger partial charge >= 0.3 is 0 Å². The third kappa shape index (κ3) is 3.35. The molecule has 1 aliphatic rings.